The molecule has 6 nitrogen and oxygen atoms in total. The molecule has 0 saturated carbocycles. The highest BCUT2D eigenvalue weighted by molar-refractivity contribution is 5.91. The number of aryl methyl sites for hydroxylation is 1. The fourth-order valence-corrected chi connectivity index (χ4v) is 2.11. The van der Waals surface area contributed by atoms with E-state index in [2.05, 4.69) is 15.0 Å². The molecule has 1 aromatic heterocycles. The van der Waals surface area contributed by atoms with Gasteiger partial charge in [0.05, 0.1) is 31.0 Å². The van der Waals surface area contributed by atoms with Crippen LogP contribution in [0.25, 0.3) is 0 Å². The smallest absolute Gasteiger partial charge is 0.339 e. The number of methoxy groups -OCH3 is 2. The van der Waals surface area contributed by atoms with Crippen LogP contribution in [0.3, 0.4) is 0 Å². The van der Waals surface area contributed by atoms with Gasteiger partial charge in [-0.15, -0.1) is 0 Å². The number of carbonyl (C=O) groups is 1. The molecule has 0 bridgehead atoms. The minimum Gasteiger partial charge on any atom is -0.497 e. The Hall–Kier alpha value is -3.07. The Labute approximate surface area is 134 Å². The predicted molar refractivity (Wildman–Crippen MR) is 85.3 cm³/mol. The molecule has 2 rings (SSSR count). The first-order valence-electron chi connectivity index (χ1n) is 6.96. The maximum atomic E-state index is 11.7. The van der Waals surface area contributed by atoms with Gasteiger partial charge in [-0.3, -0.25) is 0 Å². The van der Waals surface area contributed by atoms with Crippen molar-refractivity contribution in [3.05, 3.63) is 52.7 Å². The zero-order chi connectivity index (χ0) is 16.8. The Morgan fingerprint density at radius 3 is 2.78 bits per heavy atom. The van der Waals surface area contributed by atoms with Crippen LogP contribution in [0.4, 0.5) is 5.82 Å². The molecule has 23 heavy (non-hydrogen) atoms. The number of hydrogen-bond acceptors (Lipinski definition) is 6. The Morgan fingerprint density at radius 2 is 2.13 bits per heavy atom. The van der Waals surface area contributed by atoms with Gasteiger partial charge in [0.2, 0.25) is 0 Å². The van der Waals surface area contributed by atoms with E-state index in [-0.39, 0.29) is 5.56 Å². The summed E-state index contributed by atoms with van der Waals surface area (Å²) in [7, 11) is 2.90. The van der Waals surface area contributed by atoms with E-state index in [1.807, 2.05) is 30.3 Å². The molecule has 0 saturated heterocycles. The van der Waals surface area contributed by atoms with Crippen LogP contribution < -0.4 is 10.1 Å². The summed E-state index contributed by atoms with van der Waals surface area (Å²) < 4.78 is 9.87. The molecule has 6 heteroatoms. The number of nitriles is 1. The second kappa shape index (κ2) is 7.27. The lowest BCUT2D eigenvalue weighted by molar-refractivity contribution is 0.0599. The molecule has 118 valence electrons. The summed E-state index contributed by atoms with van der Waals surface area (Å²) in [6, 6.07) is 11.1. The van der Waals surface area contributed by atoms with E-state index < -0.39 is 5.97 Å². The van der Waals surface area contributed by atoms with E-state index in [0.29, 0.717) is 23.6 Å². The number of ether oxygens (including phenoxy) is 2. The summed E-state index contributed by atoms with van der Waals surface area (Å²) in [5.41, 5.74) is 2.07. The molecule has 0 aliphatic rings. The molecule has 1 N–H and O–H groups in total. The Bertz CT molecular complexity index is 766. The molecule has 0 spiro atoms. The van der Waals surface area contributed by atoms with Gasteiger partial charge in [-0.25, -0.2) is 9.78 Å². The lowest BCUT2D eigenvalue weighted by Gasteiger charge is -2.11. The van der Waals surface area contributed by atoms with Crippen molar-refractivity contribution in [3.8, 4) is 11.8 Å². The Morgan fingerprint density at radius 1 is 1.35 bits per heavy atom. The second-order valence-electron chi connectivity index (χ2n) is 4.83. The molecule has 0 radical (unpaired) electrons. The molecular weight excluding hydrogens is 294 g/mol. The average molecular weight is 311 g/mol. The predicted octanol–water partition coefficient (Wildman–Crippen LogP) is 2.67. The SMILES string of the molecule is COC(=O)c1cc(C#N)c(NCc2cccc(OC)c2)nc1C. The van der Waals surface area contributed by atoms with Crippen LogP contribution in [0.5, 0.6) is 5.75 Å². The number of rotatable bonds is 5. The van der Waals surface area contributed by atoms with Gasteiger partial charge in [-0.1, -0.05) is 12.1 Å². The zero-order valence-corrected chi connectivity index (χ0v) is 13.2. The molecule has 1 aromatic carbocycles. The topological polar surface area (TPSA) is 84.2 Å². The lowest BCUT2D eigenvalue weighted by atomic mass is 10.1. The van der Waals surface area contributed by atoms with Crippen molar-refractivity contribution in [2.75, 3.05) is 19.5 Å². The quantitative estimate of drug-likeness (QED) is 0.855. The molecular formula is C17H17N3O3. The van der Waals surface area contributed by atoms with Crippen LogP contribution >= 0.6 is 0 Å². The lowest BCUT2D eigenvalue weighted by Crippen LogP contribution is -2.10. The first kappa shape index (κ1) is 16.3. The molecule has 0 aliphatic carbocycles. The summed E-state index contributed by atoms with van der Waals surface area (Å²) in [6.45, 7) is 2.18. The number of benzene rings is 1. The molecule has 0 atom stereocenters. The number of anilines is 1. The summed E-state index contributed by atoms with van der Waals surface area (Å²) in [6.07, 6.45) is 0. The third-order valence-electron chi connectivity index (χ3n) is 3.33. The third kappa shape index (κ3) is 3.77. The number of carbonyl (C=O) groups excluding carboxylic acids is 1. The van der Waals surface area contributed by atoms with E-state index >= 15 is 0 Å². The van der Waals surface area contributed by atoms with Gasteiger partial charge in [0.1, 0.15) is 17.6 Å². The number of pyridine rings is 1. The van der Waals surface area contributed by atoms with E-state index in [9.17, 15) is 10.1 Å². The number of hydrogen-bond donors (Lipinski definition) is 1. The van der Waals surface area contributed by atoms with Crippen molar-refractivity contribution in [2.24, 2.45) is 0 Å². The number of esters is 1. The van der Waals surface area contributed by atoms with Gasteiger partial charge in [0, 0.05) is 6.54 Å². The standard InChI is InChI=1S/C17H17N3O3/c1-11-15(17(21)23-3)8-13(9-18)16(20-11)19-10-12-5-4-6-14(7-12)22-2/h4-8H,10H2,1-3H3,(H,19,20). The van der Waals surface area contributed by atoms with E-state index in [0.717, 1.165) is 11.3 Å². The van der Waals surface area contributed by atoms with Gasteiger partial charge in [-0.2, -0.15) is 5.26 Å². The fraction of sp³-hybridized carbons (Fsp3) is 0.235. The summed E-state index contributed by atoms with van der Waals surface area (Å²) in [5.74, 6) is 0.682. The van der Waals surface area contributed by atoms with Crippen molar-refractivity contribution in [1.82, 2.24) is 4.98 Å². The average Bonchev–Trinajstić information content (AvgIpc) is 2.59. The minimum atomic E-state index is -0.508. The second-order valence-corrected chi connectivity index (χ2v) is 4.83. The van der Waals surface area contributed by atoms with Crippen molar-refractivity contribution in [2.45, 2.75) is 13.5 Å². The van der Waals surface area contributed by atoms with Crippen LogP contribution in [0.1, 0.15) is 27.2 Å². The minimum absolute atomic E-state index is 0.288. The van der Waals surface area contributed by atoms with Gasteiger partial charge >= 0.3 is 5.97 Å². The highest BCUT2D eigenvalue weighted by atomic mass is 16.5. The molecule has 2 aromatic rings. The number of nitrogens with one attached hydrogen (secondary N) is 1. The van der Waals surface area contributed by atoms with E-state index in [4.69, 9.17) is 4.74 Å². The Kier molecular flexibility index (Phi) is 5.15. The van der Waals surface area contributed by atoms with Crippen molar-refractivity contribution in [3.63, 3.8) is 0 Å². The van der Waals surface area contributed by atoms with Crippen molar-refractivity contribution >= 4 is 11.8 Å². The van der Waals surface area contributed by atoms with Crippen molar-refractivity contribution < 1.29 is 14.3 Å². The van der Waals surface area contributed by atoms with Crippen molar-refractivity contribution in [1.29, 1.82) is 5.26 Å². The summed E-state index contributed by atoms with van der Waals surface area (Å²) in [4.78, 5) is 16.0. The van der Waals surface area contributed by atoms with Gasteiger partial charge < -0.3 is 14.8 Å². The van der Waals surface area contributed by atoms with Gasteiger partial charge in [0.15, 0.2) is 0 Å². The molecule has 0 fully saturated rings. The zero-order valence-electron chi connectivity index (χ0n) is 13.2. The van der Waals surface area contributed by atoms with Crippen LogP contribution in [0.2, 0.25) is 0 Å². The maximum Gasteiger partial charge on any atom is 0.339 e. The van der Waals surface area contributed by atoms with Crippen LogP contribution in [-0.2, 0) is 11.3 Å². The van der Waals surface area contributed by atoms with Crippen LogP contribution in [-0.4, -0.2) is 25.2 Å². The largest absolute Gasteiger partial charge is 0.497 e. The first-order valence-corrected chi connectivity index (χ1v) is 6.96. The Balaban J connectivity index is 2.24. The molecule has 1 heterocycles. The molecule has 0 unspecified atom stereocenters. The highest BCUT2D eigenvalue weighted by Gasteiger charge is 2.15. The molecule has 0 amide bonds. The van der Waals surface area contributed by atoms with E-state index in [1.165, 1.54) is 13.2 Å². The maximum absolute atomic E-state index is 11.7. The molecule has 0 aliphatic heterocycles. The highest BCUT2D eigenvalue weighted by Crippen LogP contribution is 2.19. The van der Waals surface area contributed by atoms with Gasteiger partial charge in [-0.05, 0) is 30.7 Å². The normalized spacial score (nSPS) is 9.83. The monoisotopic (exact) mass is 311 g/mol. The summed E-state index contributed by atoms with van der Waals surface area (Å²) in [5, 5.41) is 12.4. The number of nitrogens with zero attached hydrogens (tertiary/aromatic N) is 2. The first-order chi connectivity index (χ1) is 11.1. The van der Waals surface area contributed by atoms with Gasteiger partial charge in [0.25, 0.3) is 0 Å². The van der Waals surface area contributed by atoms with Crippen LogP contribution in [0.15, 0.2) is 30.3 Å². The number of aromatic nitrogens is 1. The third-order valence-corrected chi connectivity index (χ3v) is 3.33. The van der Waals surface area contributed by atoms with Crippen LogP contribution in [0, 0.1) is 18.3 Å². The fourth-order valence-electron chi connectivity index (χ4n) is 2.11. The summed E-state index contributed by atoms with van der Waals surface area (Å²) >= 11 is 0. The van der Waals surface area contributed by atoms with E-state index in [1.54, 1.807) is 14.0 Å².